The number of aliphatic hydroxyl groups is 1. The lowest BCUT2D eigenvalue weighted by atomic mass is 10.0. The molecule has 0 atom stereocenters. The zero-order chi connectivity index (χ0) is 9.80. The van der Waals surface area contributed by atoms with Crippen LogP contribution in [0.1, 0.15) is 5.56 Å². The van der Waals surface area contributed by atoms with Gasteiger partial charge in [0.15, 0.2) is 0 Å². The smallest absolute Gasteiger partial charge is 0.0934 e. The fraction of sp³-hybridized carbons (Fsp3) is 0.167. The molecule has 0 aliphatic heterocycles. The molecule has 0 aliphatic rings. The van der Waals surface area contributed by atoms with Gasteiger partial charge in [-0.25, -0.2) is 0 Å². The summed E-state index contributed by atoms with van der Waals surface area (Å²) in [7, 11) is 0. The molecule has 2 aromatic carbocycles. The lowest BCUT2D eigenvalue weighted by Gasteiger charge is -2.05. The van der Waals surface area contributed by atoms with Crippen molar-refractivity contribution >= 4 is 10.8 Å². The third-order valence-corrected chi connectivity index (χ3v) is 2.31. The van der Waals surface area contributed by atoms with E-state index in [1.165, 1.54) is 16.3 Å². The van der Waals surface area contributed by atoms with Gasteiger partial charge in [0, 0.05) is 6.54 Å². The highest BCUT2D eigenvalue weighted by Gasteiger charge is 1.98. The van der Waals surface area contributed by atoms with Crippen molar-refractivity contribution < 1.29 is 5.11 Å². The lowest BCUT2D eigenvalue weighted by Crippen LogP contribution is -2.13. The number of rotatable bonds is 3. The van der Waals surface area contributed by atoms with Gasteiger partial charge in [0.05, 0.1) is 6.73 Å². The summed E-state index contributed by atoms with van der Waals surface area (Å²) in [6.07, 6.45) is 0. The fourth-order valence-corrected chi connectivity index (χ4v) is 1.64. The van der Waals surface area contributed by atoms with Crippen LogP contribution in [0.4, 0.5) is 0 Å². The van der Waals surface area contributed by atoms with Crippen molar-refractivity contribution in [1.82, 2.24) is 5.32 Å². The van der Waals surface area contributed by atoms with Crippen molar-refractivity contribution in [3.8, 4) is 0 Å². The normalized spacial score (nSPS) is 10.6. The van der Waals surface area contributed by atoms with Crippen LogP contribution < -0.4 is 5.32 Å². The Labute approximate surface area is 83.2 Å². The van der Waals surface area contributed by atoms with E-state index in [9.17, 15) is 0 Å². The minimum Gasteiger partial charge on any atom is -0.381 e. The number of hydrogen-bond acceptors (Lipinski definition) is 2. The van der Waals surface area contributed by atoms with Crippen LogP contribution in [0, 0.1) is 0 Å². The quantitative estimate of drug-likeness (QED) is 0.719. The first-order valence-corrected chi connectivity index (χ1v) is 4.70. The Bertz CT molecular complexity index is 420. The molecule has 0 spiro atoms. The van der Waals surface area contributed by atoms with E-state index in [1.54, 1.807) is 0 Å². The summed E-state index contributed by atoms with van der Waals surface area (Å²) in [5.74, 6) is 0. The third kappa shape index (κ3) is 1.76. The summed E-state index contributed by atoms with van der Waals surface area (Å²) >= 11 is 0. The third-order valence-electron chi connectivity index (χ3n) is 2.31. The number of benzene rings is 2. The first kappa shape index (κ1) is 9.19. The molecule has 0 bridgehead atoms. The van der Waals surface area contributed by atoms with Gasteiger partial charge in [0.2, 0.25) is 0 Å². The van der Waals surface area contributed by atoms with Gasteiger partial charge in [0.1, 0.15) is 0 Å². The van der Waals surface area contributed by atoms with Crippen LogP contribution in [0.25, 0.3) is 10.8 Å². The largest absolute Gasteiger partial charge is 0.381 e. The first-order valence-electron chi connectivity index (χ1n) is 4.70. The Morgan fingerprint density at radius 3 is 2.64 bits per heavy atom. The van der Waals surface area contributed by atoms with E-state index in [0.717, 1.165) is 0 Å². The van der Waals surface area contributed by atoms with Crippen LogP contribution in [0.15, 0.2) is 42.5 Å². The molecular formula is C12H13NO. The molecule has 2 rings (SSSR count). The van der Waals surface area contributed by atoms with Gasteiger partial charge in [-0.2, -0.15) is 0 Å². The molecule has 0 fully saturated rings. The van der Waals surface area contributed by atoms with Crippen LogP contribution >= 0.6 is 0 Å². The molecule has 72 valence electrons. The minimum atomic E-state index is 0.0171. The predicted octanol–water partition coefficient (Wildman–Crippen LogP) is 1.88. The average molecular weight is 187 g/mol. The summed E-state index contributed by atoms with van der Waals surface area (Å²) in [5.41, 5.74) is 1.22. The highest BCUT2D eigenvalue weighted by atomic mass is 16.3. The van der Waals surface area contributed by atoms with Gasteiger partial charge in [-0.05, 0) is 16.3 Å². The van der Waals surface area contributed by atoms with Gasteiger partial charge in [-0.3, -0.25) is 5.32 Å². The Morgan fingerprint density at radius 2 is 1.79 bits per heavy atom. The maximum absolute atomic E-state index is 8.69. The topological polar surface area (TPSA) is 32.3 Å². The van der Waals surface area contributed by atoms with E-state index in [1.807, 2.05) is 18.2 Å². The van der Waals surface area contributed by atoms with E-state index in [0.29, 0.717) is 6.54 Å². The predicted molar refractivity (Wildman–Crippen MR) is 57.9 cm³/mol. The maximum Gasteiger partial charge on any atom is 0.0934 e. The SMILES string of the molecule is OCNCc1cccc2ccccc12. The second-order valence-electron chi connectivity index (χ2n) is 3.22. The lowest BCUT2D eigenvalue weighted by molar-refractivity contribution is 0.259. The molecule has 0 radical (unpaired) electrons. The zero-order valence-electron chi connectivity index (χ0n) is 7.90. The fourth-order valence-electron chi connectivity index (χ4n) is 1.64. The second kappa shape index (κ2) is 4.22. The zero-order valence-corrected chi connectivity index (χ0v) is 7.90. The molecule has 2 N–H and O–H groups in total. The molecule has 14 heavy (non-hydrogen) atoms. The van der Waals surface area contributed by atoms with E-state index in [-0.39, 0.29) is 6.73 Å². The van der Waals surface area contributed by atoms with Crippen molar-refractivity contribution in [3.05, 3.63) is 48.0 Å². The van der Waals surface area contributed by atoms with Gasteiger partial charge in [0.25, 0.3) is 0 Å². The highest BCUT2D eigenvalue weighted by molar-refractivity contribution is 5.85. The average Bonchev–Trinajstić information content (AvgIpc) is 2.26. The molecule has 2 aromatic rings. The van der Waals surface area contributed by atoms with Gasteiger partial charge < -0.3 is 5.11 Å². The highest BCUT2D eigenvalue weighted by Crippen LogP contribution is 2.17. The van der Waals surface area contributed by atoms with Crippen molar-refractivity contribution in [2.75, 3.05) is 6.73 Å². The molecule has 2 heteroatoms. The van der Waals surface area contributed by atoms with Crippen LogP contribution in [0.5, 0.6) is 0 Å². The number of fused-ring (bicyclic) bond motifs is 1. The molecule has 2 nitrogen and oxygen atoms in total. The van der Waals surface area contributed by atoms with E-state index < -0.39 is 0 Å². The summed E-state index contributed by atoms with van der Waals surface area (Å²) in [6, 6.07) is 14.5. The Morgan fingerprint density at radius 1 is 1.00 bits per heavy atom. The maximum atomic E-state index is 8.69. The molecule has 0 aromatic heterocycles. The summed E-state index contributed by atoms with van der Waals surface area (Å²) in [6.45, 7) is 0.723. The van der Waals surface area contributed by atoms with E-state index >= 15 is 0 Å². The molecule has 0 saturated heterocycles. The van der Waals surface area contributed by atoms with E-state index in [2.05, 4.69) is 29.6 Å². The number of hydrogen-bond donors (Lipinski definition) is 2. The molecule has 0 saturated carbocycles. The molecule has 0 heterocycles. The van der Waals surface area contributed by atoms with Crippen LogP contribution in [-0.2, 0) is 6.54 Å². The summed E-state index contributed by atoms with van der Waals surface area (Å²) in [4.78, 5) is 0. The summed E-state index contributed by atoms with van der Waals surface area (Å²) in [5, 5.41) is 14.1. The first-order chi connectivity index (χ1) is 6.92. The number of nitrogens with one attached hydrogen (secondary N) is 1. The van der Waals surface area contributed by atoms with E-state index in [4.69, 9.17) is 5.11 Å². The second-order valence-corrected chi connectivity index (χ2v) is 3.22. The Kier molecular flexibility index (Phi) is 2.77. The Balaban J connectivity index is 2.43. The number of aliphatic hydroxyl groups excluding tert-OH is 1. The van der Waals surface area contributed by atoms with Gasteiger partial charge in [-0.1, -0.05) is 42.5 Å². The standard InChI is InChI=1S/C12H13NO/c14-9-13-8-11-6-3-5-10-4-1-2-7-12(10)11/h1-7,13-14H,8-9H2. The molecule has 0 amide bonds. The van der Waals surface area contributed by atoms with Crippen LogP contribution in [0.3, 0.4) is 0 Å². The van der Waals surface area contributed by atoms with Gasteiger partial charge in [-0.15, -0.1) is 0 Å². The minimum absolute atomic E-state index is 0.0171. The monoisotopic (exact) mass is 187 g/mol. The van der Waals surface area contributed by atoms with Crippen molar-refractivity contribution in [2.45, 2.75) is 6.54 Å². The molecule has 0 unspecified atom stereocenters. The van der Waals surface area contributed by atoms with Gasteiger partial charge >= 0.3 is 0 Å². The Hall–Kier alpha value is -1.38. The van der Waals surface area contributed by atoms with Crippen molar-refractivity contribution in [3.63, 3.8) is 0 Å². The molecular weight excluding hydrogens is 174 g/mol. The van der Waals surface area contributed by atoms with Crippen molar-refractivity contribution in [1.29, 1.82) is 0 Å². The van der Waals surface area contributed by atoms with Crippen LogP contribution in [-0.4, -0.2) is 11.8 Å². The summed E-state index contributed by atoms with van der Waals surface area (Å²) < 4.78 is 0. The molecule has 0 aliphatic carbocycles. The van der Waals surface area contributed by atoms with Crippen molar-refractivity contribution in [2.24, 2.45) is 0 Å². The van der Waals surface area contributed by atoms with Crippen LogP contribution in [0.2, 0.25) is 0 Å².